The van der Waals surface area contributed by atoms with Gasteiger partial charge in [-0.3, -0.25) is 0 Å². The Labute approximate surface area is 105 Å². The minimum absolute atomic E-state index is 0.230. The maximum Gasteiger partial charge on any atom is 0.229 e. The summed E-state index contributed by atoms with van der Waals surface area (Å²) in [6.07, 6.45) is 0. The van der Waals surface area contributed by atoms with Gasteiger partial charge in [-0.25, -0.2) is 0 Å². The lowest BCUT2D eigenvalue weighted by Crippen LogP contribution is -2.13. The number of nitrogens with two attached hydrogens (primary N) is 1. The second-order valence-corrected chi connectivity index (χ2v) is 5.95. The molecule has 1 atom stereocenters. The van der Waals surface area contributed by atoms with E-state index in [1.165, 1.54) is 9.75 Å². The fourth-order valence-electron chi connectivity index (χ4n) is 1.71. The van der Waals surface area contributed by atoms with Gasteiger partial charge in [0.25, 0.3) is 0 Å². The number of thiophene rings is 1. The number of nitrogens with zero attached hydrogens (tertiary/aromatic N) is 2. The number of aryl methyl sites for hydroxylation is 2. The first-order valence-corrected chi connectivity index (χ1v) is 6.46. The molecule has 0 radical (unpaired) electrons. The summed E-state index contributed by atoms with van der Waals surface area (Å²) in [7, 11) is 0. The highest BCUT2D eigenvalue weighted by molar-refractivity contribution is 7.12. The lowest BCUT2D eigenvalue weighted by Gasteiger charge is -2.05. The van der Waals surface area contributed by atoms with Crippen molar-refractivity contribution in [1.29, 1.82) is 0 Å². The third-order valence-corrected chi connectivity index (χ3v) is 3.63. The van der Waals surface area contributed by atoms with Crippen LogP contribution in [0.2, 0.25) is 0 Å². The molecule has 0 aliphatic rings. The normalized spacial score (nSPS) is 13.3. The quantitative estimate of drug-likeness (QED) is 0.911. The van der Waals surface area contributed by atoms with Crippen LogP contribution in [0.1, 0.15) is 52.8 Å². The highest BCUT2D eigenvalue weighted by Crippen LogP contribution is 2.28. The molecule has 0 fully saturated rings. The smallest absolute Gasteiger partial charge is 0.229 e. The number of rotatable bonds is 3. The molecule has 0 amide bonds. The minimum Gasteiger partial charge on any atom is -0.339 e. The summed E-state index contributed by atoms with van der Waals surface area (Å²) >= 11 is 1.74. The van der Waals surface area contributed by atoms with Gasteiger partial charge in [-0.15, -0.1) is 11.3 Å². The van der Waals surface area contributed by atoms with Crippen molar-refractivity contribution in [1.82, 2.24) is 10.1 Å². The maximum absolute atomic E-state index is 6.17. The molecular weight excluding hydrogens is 234 g/mol. The van der Waals surface area contributed by atoms with Crippen molar-refractivity contribution in [3.05, 3.63) is 33.1 Å². The maximum atomic E-state index is 6.17. The molecule has 1 unspecified atom stereocenters. The van der Waals surface area contributed by atoms with E-state index >= 15 is 0 Å². The SMILES string of the molecule is Cc1cc(C(N)c2noc(C(C)C)n2)c(C)s1. The van der Waals surface area contributed by atoms with Gasteiger partial charge in [-0.1, -0.05) is 19.0 Å². The van der Waals surface area contributed by atoms with Gasteiger partial charge >= 0.3 is 0 Å². The van der Waals surface area contributed by atoms with Gasteiger partial charge in [0.1, 0.15) is 0 Å². The van der Waals surface area contributed by atoms with Gasteiger partial charge < -0.3 is 10.3 Å². The molecule has 2 heterocycles. The first-order chi connectivity index (χ1) is 7.99. The molecule has 2 aromatic rings. The van der Waals surface area contributed by atoms with Crippen LogP contribution in [-0.2, 0) is 0 Å². The number of aromatic nitrogens is 2. The Morgan fingerprint density at radius 1 is 1.35 bits per heavy atom. The Bertz CT molecular complexity index is 516. The Balaban J connectivity index is 2.30. The van der Waals surface area contributed by atoms with Crippen LogP contribution in [0.15, 0.2) is 10.6 Å². The standard InChI is InChI=1S/C12H17N3OS/c1-6(2)12-14-11(15-16-12)10(13)9-5-7(3)17-8(9)4/h5-6,10H,13H2,1-4H3. The first-order valence-electron chi connectivity index (χ1n) is 5.65. The number of hydrogen-bond acceptors (Lipinski definition) is 5. The summed E-state index contributed by atoms with van der Waals surface area (Å²) in [4.78, 5) is 6.80. The zero-order valence-corrected chi connectivity index (χ0v) is 11.3. The molecule has 0 aliphatic heterocycles. The van der Waals surface area contributed by atoms with Crippen LogP contribution >= 0.6 is 11.3 Å². The van der Waals surface area contributed by atoms with Crippen molar-refractivity contribution in [2.75, 3.05) is 0 Å². The largest absolute Gasteiger partial charge is 0.339 e. The molecule has 0 spiro atoms. The van der Waals surface area contributed by atoms with Crippen LogP contribution in [0.3, 0.4) is 0 Å². The van der Waals surface area contributed by atoms with E-state index < -0.39 is 0 Å². The topological polar surface area (TPSA) is 64.9 Å². The summed E-state index contributed by atoms with van der Waals surface area (Å²) in [6.45, 7) is 8.17. The Morgan fingerprint density at radius 2 is 2.06 bits per heavy atom. The van der Waals surface area contributed by atoms with Crippen LogP contribution in [0.4, 0.5) is 0 Å². The Hall–Kier alpha value is -1.20. The van der Waals surface area contributed by atoms with Crippen molar-refractivity contribution >= 4 is 11.3 Å². The van der Waals surface area contributed by atoms with E-state index in [2.05, 4.69) is 30.1 Å². The average Bonchev–Trinajstić information content (AvgIpc) is 2.84. The second-order valence-electron chi connectivity index (χ2n) is 4.49. The van der Waals surface area contributed by atoms with Crippen molar-refractivity contribution in [2.45, 2.75) is 39.7 Å². The fraction of sp³-hybridized carbons (Fsp3) is 0.500. The van der Waals surface area contributed by atoms with Gasteiger partial charge in [0.15, 0.2) is 5.82 Å². The van der Waals surface area contributed by atoms with Crippen LogP contribution in [-0.4, -0.2) is 10.1 Å². The van der Waals surface area contributed by atoms with E-state index in [4.69, 9.17) is 10.3 Å². The lowest BCUT2D eigenvalue weighted by atomic mass is 10.1. The molecule has 17 heavy (non-hydrogen) atoms. The molecule has 0 saturated heterocycles. The average molecular weight is 251 g/mol. The van der Waals surface area contributed by atoms with E-state index in [0.29, 0.717) is 11.7 Å². The predicted octanol–water partition coefficient (Wildman–Crippen LogP) is 2.92. The van der Waals surface area contributed by atoms with Gasteiger partial charge in [0.2, 0.25) is 5.89 Å². The van der Waals surface area contributed by atoms with Crippen molar-refractivity contribution in [3.63, 3.8) is 0 Å². The van der Waals surface area contributed by atoms with E-state index in [1.54, 1.807) is 11.3 Å². The fourth-order valence-corrected chi connectivity index (χ4v) is 2.68. The zero-order valence-electron chi connectivity index (χ0n) is 10.5. The molecule has 0 bridgehead atoms. The van der Waals surface area contributed by atoms with Gasteiger partial charge in [-0.2, -0.15) is 4.98 Å². The van der Waals surface area contributed by atoms with Crippen LogP contribution in [0.25, 0.3) is 0 Å². The molecule has 92 valence electrons. The third-order valence-electron chi connectivity index (χ3n) is 2.64. The van der Waals surface area contributed by atoms with E-state index in [-0.39, 0.29) is 12.0 Å². The van der Waals surface area contributed by atoms with Crippen molar-refractivity contribution in [3.8, 4) is 0 Å². The van der Waals surface area contributed by atoms with Crippen LogP contribution in [0, 0.1) is 13.8 Å². The minimum atomic E-state index is -0.295. The monoisotopic (exact) mass is 251 g/mol. The molecule has 4 nitrogen and oxygen atoms in total. The summed E-state index contributed by atoms with van der Waals surface area (Å²) in [5.41, 5.74) is 7.25. The van der Waals surface area contributed by atoms with Crippen molar-refractivity contribution < 1.29 is 4.52 Å². The molecule has 0 aliphatic carbocycles. The Kier molecular flexibility index (Phi) is 3.31. The van der Waals surface area contributed by atoms with E-state index in [9.17, 15) is 0 Å². The zero-order chi connectivity index (χ0) is 12.6. The highest BCUT2D eigenvalue weighted by Gasteiger charge is 2.20. The third kappa shape index (κ3) is 2.40. The summed E-state index contributed by atoms with van der Waals surface area (Å²) in [5, 5.41) is 3.96. The molecule has 5 heteroatoms. The first kappa shape index (κ1) is 12.3. The second kappa shape index (κ2) is 4.58. The molecule has 2 rings (SSSR count). The molecule has 2 aromatic heterocycles. The van der Waals surface area contributed by atoms with Crippen LogP contribution < -0.4 is 5.73 Å². The van der Waals surface area contributed by atoms with Gasteiger partial charge in [0.05, 0.1) is 6.04 Å². The van der Waals surface area contributed by atoms with E-state index in [1.807, 2.05) is 13.8 Å². The van der Waals surface area contributed by atoms with E-state index in [0.717, 1.165) is 5.56 Å². The van der Waals surface area contributed by atoms with Crippen LogP contribution in [0.5, 0.6) is 0 Å². The lowest BCUT2D eigenvalue weighted by molar-refractivity contribution is 0.359. The molecule has 0 aromatic carbocycles. The number of hydrogen-bond donors (Lipinski definition) is 1. The molecular formula is C12H17N3OS. The summed E-state index contributed by atoms with van der Waals surface area (Å²) in [6, 6.07) is 1.80. The van der Waals surface area contributed by atoms with Gasteiger partial charge in [0, 0.05) is 15.7 Å². The summed E-state index contributed by atoms with van der Waals surface area (Å²) < 4.78 is 5.18. The molecule has 0 saturated carbocycles. The molecule has 2 N–H and O–H groups in total. The predicted molar refractivity (Wildman–Crippen MR) is 68.2 cm³/mol. The van der Waals surface area contributed by atoms with Crippen molar-refractivity contribution in [2.24, 2.45) is 5.73 Å². The highest BCUT2D eigenvalue weighted by atomic mass is 32.1. The summed E-state index contributed by atoms with van der Waals surface area (Å²) in [5.74, 6) is 1.43. The van der Waals surface area contributed by atoms with Gasteiger partial charge in [-0.05, 0) is 25.5 Å². The Morgan fingerprint density at radius 3 is 2.53 bits per heavy atom.